The van der Waals surface area contributed by atoms with Gasteiger partial charge >= 0.3 is 0 Å². The highest BCUT2D eigenvalue weighted by Crippen LogP contribution is 2.25. The lowest BCUT2D eigenvalue weighted by Gasteiger charge is -2.12. The molecule has 148 valence electrons. The van der Waals surface area contributed by atoms with Crippen molar-refractivity contribution in [1.29, 1.82) is 0 Å². The second kappa shape index (κ2) is 9.73. The maximum Gasteiger partial charge on any atom is 0.246 e. The van der Waals surface area contributed by atoms with Crippen molar-refractivity contribution >= 4 is 17.6 Å². The van der Waals surface area contributed by atoms with E-state index in [2.05, 4.69) is 33.1 Å². The number of hydrogen-bond acceptors (Lipinski definition) is 3. The van der Waals surface area contributed by atoms with Gasteiger partial charge in [-0.2, -0.15) is 0 Å². The molecule has 1 amide bonds. The van der Waals surface area contributed by atoms with Crippen LogP contribution >= 0.6 is 0 Å². The van der Waals surface area contributed by atoms with Gasteiger partial charge in [0.1, 0.15) is 18.1 Å². The number of amides is 1. The van der Waals surface area contributed by atoms with Crippen molar-refractivity contribution in [2.75, 3.05) is 31.6 Å². The first-order valence-electron chi connectivity index (χ1n) is 9.46. The molecule has 1 heterocycles. The second-order valence-corrected chi connectivity index (χ2v) is 6.47. The van der Waals surface area contributed by atoms with Crippen LogP contribution in [0, 0.1) is 5.82 Å². The summed E-state index contributed by atoms with van der Waals surface area (Å²) in [5.74, 6) is 0.855. The number of fused-ring (bicyclic) bond motifs is 1. The molecule has 28 heavy (non-hydrogen) atoms. The normalized spacial score (nSPS) is 12.9. The number of aliphatic imine (C=N–C) groups is 1. The predicted octanol–water partition coefficient (Wildman–Crippen LogP) is 2.50. The van der Waals surface area contributed by atoms with Gasteiger partial charge in [0.2, 0.25) is 5.91 Å². The summed E-state index contributed by atoms with van der Waals surface area (Å²) in [5.41, 5.74) is 2.90. The van der Waals surface area contributed by atoms with E-state index in [1.807, 2.05) is 13.0 Å². The summed E-state index contributed by atoms with van der Waals surface area (Å²) in [6, 6.07) is 12.1. The molecule has 3 rings (SSSR count). The molecule has 0 aliphatic carbocycles. The van der Waals surface area contributed by atoms with Gasteiger partial charge in [-0.15, -0.1) is 0 Å². The third-order valence-electron chi connectivity index (χ3n) is 4.29. The molecular formula is C21H25FN4O2. The van der Waals surface area contributed by atoms with Gasteiger partial charge in [-0.25, -0.2) is 9.38 Å². The van der Waals surface area contributed by atoms with E-state index in [4.69, 9.17) is 4.74 Å². The van der Waals surface area contributed by atoms with Gasteiger partial charge in [0.05, 0.1) is 6.61 Å². The van der Waals surface area contributed by atoms with Crippen LogP contribution in [0.2, 0.25) is 0 Å². The zero-order valence-corrected chi connectivity index (χ0v) is 15.9. The number of rotatable bonds is 7. The van der Waals surface area contributed by atoms with Crippen molar-refractivity contribution in [1.82, 2.24) is 10.6 Å². The molecule has 2 aromatic rings. The molecule has 0 radical (unpaired) electrons. The third kappa shape index (κ3) is 5.70. The molecule has 0 atom stereocenters. The molecule has 0 bridgehead atoms. The Morgan fingerprint density at radius 3 is 2.93 bits per heavy atom. The summed E-state index contributed by atoms with van der Waals surface area (Å²) in [6.07, 6.45) is 1.80. The SMILES string of the molecule is CCNC(=NCC(=O)Nc1cccc(F)c1)NCCc1ccc2c(c1)CCO2. The largest absolute Gasteiger partial charge is 0.493 e. The van der Waals surface area contributed by atoms with Crippen LogP contribution in [-0.2, 0) is 17.6 Å². The molecule has 0 saturated carbocycles. The molecule has 0 aromatic heterocycles. The number of nitrogens with one attached hydrogen (secondary N) is 3. The summed E-state index contributed by atoms with van der Waals surface area (Å²) in [4.78, 5) is 16.3. The minimum Gasteiger partial charge on any atom is -0.493 e. The van der Waals surface area contributed by atoms with E-state index < -0.39 is 5.82 Å². The number of anilines is 1. The Morgan fingerprint density at radius 2 is 2.11 bits per heavy atom. The average molecular weight is 384 g/mol. The van der Waals surface area contributed by atoms with E-state index >= 15 is 0 Å². The van der Waals surface area contributed by atoms with Gasteiger partial charge in [0, 0.05) is 25.2 Å². The fourth-order valence-electron chi connectivity index (χ4n) is 2.98. The molecule has 0 unspecified atom stereocenters. The first kappa shape index (κ1) is 19.7. The van der Waals surface area contributed by atoms with Crippen LogP contribution in [0.4, 0.5) is 10.1 Å². The van der Waals surface area contributed by atoms with Gasteiger partial charge in [-0.3, -0.25) is 4.79 Å². The van der Waals surface area contributed by atoms with Crippen LogP contribution in [0.25, 0.3) is 0 Å². The molecule has 1 aliphatic rings. The molecule has 6 nitrogen and oxygen atoms in total. The molecule has 0 fully saturated rings. The zero-order chi connectivity index (χ0) is 19.8. The highest BCUT2D eigenvalue weighted by atomic mass is 19.1. The molecule has 0 saturated heterocycles. The van der Waals surface area contributed by atoms with Crippen LogP contribution < -0.4 is 20.7 Å². The maximum atomic E-state index is 13.2. The Bertz CT molecular complexity index is 854. The van der Waals surface area contributed by atoms with Gasteiger partial charge in [0.25, 0.3) is 0 Å². The lowest BCUT2D eigenvalue weighted by atomic mass is 10.1. The van der Waals surface area contributed by atoms with Crippen LogP contribution in [0.1, 0.15) is 18.1 Å². The Balaban J connectivity index is 1.48. The minimum atomic E-state index is -0.394. The first-order chi connectivity index (χ1) is 13.6. The average Bonchev–Trinajstić information content (AvgIpc) is 3.14. The number of carbonyl (C=O) groups is 1. The van der Waals surface area contributed by atoms with Gasteiger partial charge < -0.3 is 20.7 Å². The highest BCUT2D eigenvalue weighted by Gasteiger charge is 2.11. The minimum absolute atomic E-state index is 0.0535. The van der Waals surface area contributed by atoms with Crippen molar-refractivity contribution in [3.63, 3.8) is 0 Å². The third-order valence-corrected chi connectivity index (χ3v) is 4.29. The number of nitrogens with zero attached hydrogens (tertiary/aromatic N) is 1. The summed E-state index contributed by atoms with van der Waals surface area (Å²) < 4.78 is 18.7. The van der Waals surface area contributed by atoms with Crippen molar-refractivity contribution in [3.8, 4) is 5.75 Å². The van der Waals surface area contributed by atoms with Crippen LogP contribution in [0.5, 0.6) is 5.75 Å². The Kier molecular flexibility index (Phi) is 6.84. The van der Waals surface area contributed by atoms with Crippen LogP contribution in [0.15, 0.2) is 47.5 Å². The Hall–Kier alpha value is -3.09. The quantitative estimate of drug-likeness (QED) is 0.507. The van der Waals surface area contributed by atoms with Gasteiger partial charge in [-0.1, -0.05) is 18.2 Å². The smallest absolute Gasteiger partial charge is 0.246 e. The van der Waals surface area contributed by atoms with E-state index in [9.17, 15) is 9.18 Å². The molecule has 0 spiro atoms. The van der Waals surface area contributed by atoms with Crippen LogP contribution in [-0.4, -0.2) is 38.1 Å². The van der Waals surface area contributed by atoms with E-state index in [0.717, 1.165) is 25.2 Å². The van der Waals surface area contributed by atoms with Crippen molar-refractivity contribution in [3.05, 3.63) is 59.4 Å². The lowest BCUT2D eigenvalue weighted by Crippen LogP contribution is -2.39. The zero-order valence-electron chi connectivity index (χ0n) is 15.9. The second-order valence-electron chi connectivity index (χ2n) is 6.47. The molecule has 1 aliphatic heterocycles. The van der Waals surface area contributed by atoms with E-state index in [-0.39, 0.29) is 12.5 Å². The van der Waals surface area contributed by atoms with Crippen molar-refractivity contribution in [2.24, 2.45) is 4.99 Å². The number of carbonyl (C=O) groups excluding carboxylic acids is 1. The van der Waals surface area contributed by atoms with Crippen molar-refractivity contribution in [2.45, 2.75) is 19.8 Å². The Morgan fingerprint density at radius 1 is 1.21 bits per heavy atom. The number of hydrogen-bond donors (Lipinski definition) is 3. The monoisotopic (exact) mass is 384 g/mol. The molecule has 2 aromatic carbocycles. The number of ether oxygens (including phenoxy) is 1. The van der Waals surface area contributed by atoms with Crippen molar-refractivity contribution < 1.29 is 13.9 Å². The summed E-state index contributed by atoms with van der Waals surface area (Å²) in [6.45, 7) is 4.04. The number of halogens is 1. The molecular weight excluding hydrogens is 359 g/mol. The first-order valence-corrected chi connectivity index (χ1v) is 9.46. The van der Waals surface area contributed by atoms with Gasteiger partial charge in [-0.05, 0) is 48.7 Å². The predicted molar refractivity (Wildman–Crippen MR) is 108 cm³/mol. The summed E-state index contributed by atoms with van der Waals surface area (Å²) >= 11 is 0. The number of guanidine groups is 1. The molecule has 3 N–H and O–H groups in total. The lowest BCUT2D eigenvalue weighted by molar-refractivity contribution is -0.114. The van der Waals surface area contributed by atoms with E-state index in [1.54, 1.807) is 12.1 Å². The van der Waals surface area contributed by atoms with Crippen LogP contribution in [0.3, 0.4) is 0 Å². The van der Waals surface area contributed by atoms with Gasteiger partial charge in [0.15, 0.2) is 5.96 Å². The Labute approximate surface area is 164 Å². The summed E-state index contributed by atoms with van der Waals surface area (Å²) in [7, 11) is 0. The fraction of sp³-hybridized carbons (Fsp3) is 0.333. The number of benzene rings is 2. The topological polar surface area (TPSA) is 74.8 Å². The standard InChI is InChI=1S/C21H25FN4O2/c1-2-23-21(25-14-20(27)26-18-5-3-4-17(22)13-18)24-10-8-15-6-7-19-16(12-15)9-11-28-19/h3-7,12-13H,2,8-11,14H2,1H3,(H,26,27)(H2,23,24,25). The summed E-state index contributed by atoms with van der Waals surface area (Å²) in [5, 5.41) is 8.98. The molecule has 7 heteroatoms. The van der Waals surface area contributed by atoms with E-state index in [0.29, 0.717) is 24.7 Å². The maximum absolute atomic E-state index is 13.2. The highest BCUT2D eigenvalue weighted by molar-refractivity contribution is 5.94. The fourth-order valence-corrected chi connectivity index (χ4v) is 2.98. The van der Waals surface area contributed by atoms with E-state index in [1.165, 1.54) is 23.3 Å².